The molecule has 0 bridgehead atoms. The first-order chi connectivity index (χ1) is 9.85. The average Bonchev–Trinajstić information content (AvgIpc) is 3.17. The summed E-state index contributed by atoms with van der Waals surface area (Å²) in [6.07, 6.45) is 0.640. The van der Waals surface area contributed by atoms with Gasteiger partial charge in [-0.15, -0.1) is 0 Å². The van der Waals surface area contributed by atoms with Crippen LogP contribution in [0.15, 0.2) is 24.3 Å². The maximum atomic E-state index is 13.0. The standard InChI is InChI=1S/C16H25O4P/c1-11(2)19-21(17,20-12(3)4)16-10-15(16)13-6-8-14(18-5)9-7-13/h6-9,11-12,15-16H,10H2,1-5H3/t15-,16+/m1/s1. The summed E-state index contributed by atoms with van der Waals surface area (Å²) in [4.78, 5) is 0. The van der Waals surface area contributed by atoms with Crippen molar-refractivity contribution in [3.8, 4) is 5.75 Å². The molecule has 0 N–H and O–H groups in total. The Labute approximate surface area is 127 Å². The molecule has 1 saturated carbocycles. The molecule has 0 aromatic heterocycles. The minimum atomic E-state index is -3.06. The molecule has 118 valence electrons. The highest BCUT2D eigenvalue weighted by Gasteiger charge is 2.54. The Morgan fingerprint density at radius 2 is 1.57 bits per heavy atom. The fourth-order valence-electron chi connectivity index (χ4n) is 2.51. The lowest BCUT2D eigenvalue weighted by Crippen LogP contribution is -2.11. The van der Waals surface area contributed by atoms with Crippen LogP contribution in [-0.2, 0) is 13.6 Å². The monoisotopic (exact) mass is 312 g/mol. The molecule has 0 radical (unpaired) electrons. The number of rotatable bonds is 7. The van der Waals surface area contributed by atoms with Crippen LogP contribution in [0.25, 0.3) is 0 Å². The summed E-state index contributed by atoms with van der Waals surface area (Å²) in [5, 5.41) is 0. The highest BCUT2D eigenvalue weighted by atomic mass is 31.2. The van der Waals surface area contributed by atoms with E-state index in [9.17, 15) is 4.57 Å². The van der Waals surface area contributed by atoms with Crippen molar-refractivity contribution in [2.24, 2.45) is 0 Å². The molecule has 1 aliphatic rings. The van der Waals surface area contributed by atoms with Crippen LogP contribution in [0.2, 0.25) is 0 Å². The van der Waals surface area contributed by atoms with E-state index in [-0.39, 0.29) is 23.8 Å². The van der Waals surface area contributed by atoms with E-state index < -0.39 is 7.60 Å². The topological polar surface area (TPSA) is 44.8 Å². The van der Waals surface area contributed by atoms with Gasteiger partial charge in [0.1, 0.15) is 5.75 Å². The Hall–Kier alpha value is -0.830. The third kappa shape index (κ3) is 4.09. The molecular formula is C16H25O4P. The molecule has 1 aliphatic carbocycles. The summed E-state index contributed by atoms with van der Waals surface area (Å²) in [7, 11) is -1.42. The number of ether oxygens (including phenoxy) is 1. The highest BCUT2D eigenvalue weighted by Crippen LogP contribution is 2.69. The fourth-order valence-corrected chi connectivity index (χ4v) is 5.15. The zero-order valence-electron chi connectivity index (χ0n) is 13.4. The van der Waals surface area contributed by atoms with Crippen molar-refractivity contribution in [1.29, 1.82) is 0 Å². The first-order valence-electron chi connectivity index (χ1n) is 7.46. The molecule has 2 atom stereocenters. The quantitative estimate of drug-likeness (QED) is 0.691. The predicted molar refractivity (Wildman–Crippen MR) is 84.2 cm³/mol. The maximum absolute atomic E-state index is 13.0. The molecule has 4 nitrogen and oxygen atoms in total. The molecule has 0 spiro atoms. The SMILES string of the molecule is COc1ccc([C@H]2C[C@@H]2P(=O)(OC(C)C)OC(C)C)cc1. The van der Waals surface area contributed by atoms with Gasteiger partial charge in [-0.25, -0.2) is 0 Å². The lowest BCUT2D eigenvalue weighted by Gasteiger charge is -2.23. The van der Waals surface area contributed by atoms with Gasteiger partial charge >= 0.3 is 7.60 Å². The van der Waals surface area contributed by atoms with Crippen LogP contribution in [0.3, 0.4) is 0 Å². The summed E-state index contributed by atoms with van der Waals surface area (Å²) in [5.41, 5.74) is 1.14. The second-order valence-corrected chi connectivity index (χ2v) is 8.20. The van der Waals surface area contributed by atoms with Gasteiger partial charge in [-0.1, -0.05) is 12.1 Å². The largest absolute Gasteiger partial charge is 0.497 e. The van der Waals surface area contributed by atoms with Crippen molar-refractivity contribution >= 4 is 7.60 Å². The summed E-state index contributed by atoms with van der Waals surface area (Å²) in [5.74, 6) is 1.08. The predicted octanol–water partition coefficient (Wildman–Crippen LogP) is 4.59. The van der Waals surface area contributed by atoms with Gasteiger partial charge in [0.15, 0.2) is 0 Å². The van der Waals surface area contributed by atoms with Gasteiger partial charge < -0.3 is 13.8 Å². The summed E-state index contributed by atoms with van der Waals surface area (Å²) in [6, 6.07) is 7.92. The van der Waals surface area contributed by atoms with Gasteiger partial charge in [0.25, 0.3) is 0 Å². The van der Waals surface area contributed by atoms with Crippen LogP contribution in [-0.4, -0.2) is 25.0 Å². The first-order valence-corrected chi connectivity index (χ1v) is 9.07. The van der Waals surface area contributed by atoms with Gasteiger partial charge in [0.2, 0.25) is 0 Å². The second kappa shape index (κ2) is 6.51. The lowest BCUT2D eigenvalue weighted by molar-refractivity contribution is 0.141. The summed E-state index contributed by atoms with van der Waals surface area (Å²) < 4.78 is 29.6. The van der Waals surface area contributed by atoms with E-state index in [1.54, 1.807) is 7.11 Å². The number of hydrogen-bond acceptors (Lipinski definition) is 4. The van der Waals surface area contributed by atoms with Crippen molar-refractivity contribution < 1.29 is 18.3 Å². The molecule has 2 rings (SSSR count). The number of benzene rings is 1. The van der Waals surface area contributed by atoms with Gasteiger partial charge in [-0.3, -0.25) is 4.57 Å². The van der Waals surface area contributed by atoms with Crippen molar-refractivity contribution in [2.45, 2.75) is 57.9 Å². The Balaban J connectivity index is 2.11. The Bertz CT molecular complexity index is 496. The molecule has 0 unspecified atom stereocenters. The average molecular weight is 312 g/mol. The Morgan fingerprint density at radius 3 is 2.00 bits per heavy atom. The van der Waals surface area contributed by atoms with Crippen LogP contribution >= 0.6 is 7.60 Å². The molecule has 0 saturated heterocycles. The van der Waals surface area contributed by atoms with E-state index in [2.05, 4.69) is 0 Å². The molecule has 1 aromatic rings. The smallest absolute Gasteiger partial charge is 0.334 e. The Morgan fingerprint density at radius 1 is 1.05 bits per heavy atom. The van der Waals surface area contributed by atoms with Crippen LogP contribution in [0.1, 0.15) is 45.6 Å². The van der Waals surface area contributed by atoms with Gasteiger partial charge in [0, 0.05) is 0 Å². The van der Waals surface area contributed by atoms with Gasteiger partial charge in [-0.05, 0) is 57.7 Å². The highest BCUT2D eigenvalue weighted by molar-refractivity contribution is 7.55. The minimum absolute atomic E-state index is 0.0318. The summed E-state index contributed by atoms with van der Waals surface area (Å²) >= 11 is 0. The van der Waals surface area contributed by atoms with E-state index in [0.717, 1.165) is 12.2 Å². The van der Waals surface area contributed by atoms with Crippen LogP contribution in [0, 0.1) is 0 Å². The third-order valence-corrected chi connectivity index (χ3v) is 6.24. The van der Waals surface area contributed by atoms with E-state index in [4.69, 9.17) is 13.8 Å². The molecule has 0 heterocycles. The van der Waals surface area contributed by atoms with Crippen LogP contribution in [0.5, 0.6) is 5.75 Å². The fraction of sp³-hybridized carbons (Fsp3) is 0.625. The van der Waals surface area contributed by atoms with Crippen molar-refractivity contribution in [1.82, 2.24) is 0 Å². The van der Waals surface area contributed by atoms with E-state index >= 15 is 0 Å². The third-order valence-electron chi connectivity index (χ3n) is 3.42. The van der Waals surface area contributed by atoms with Crippen LogP contribution < -0.4 is 4.74 Å². The molecule has 1 aromatic carbocycles. The van der Waals surface area contributed by atoms with E-state index in [1.807, 2.05) is 52.0 Å². The molecule has 0 aliphatic heterocycles. The molecule has 5 heteroatoms. The molecular weight excluding hydrogens is 287 g/mol. The number of hydrogen-bond donors (Lipinski definition) is 0. The zero-order valence-corrected chi connectivity index (χ0v) is 14.3. The van der Waals surface area contributed by atoms with E-state index in [1.165, 1.54) is 5.56 Å². The molecule has 0 amide bonds. The van der Waals surface area contributed by atoms with Gasteiger partial charge in [0.05, 0.1) is 25.0 Å². The lowest BCUT2D eigenvalue weighted by atomic mass is 10.1. The van der Waals surface area contributed by atoms with Gasteiger partial charge in [-0.2, -0.15) is 0 Å². The molecule has 1 fully saturated rings. The van der Waals surface area contributed by atoms with Crippen LogP contribution in [0.4, 0.5) is 0 Å². The van der Waals surface area contributed by atoms with Crippen molar-refractivity contribution in [3.05, 3.63) is 29.8 Å². The Kier molecular flexibility index (Phi) is 5.13. The first kappa shape index (κ1) is 16.5. The van der Waals surface area contributed by atoms with E-state index in [0.29, 0.717) is 0 Å². The number of methoxy groups -OCH3 is 1. The minimum Gasteiger partial charge on any atom is -0.497 e. The van der Waals surface area contributed by atoms with Crippen molar-refractivity contribution in [3.63, 3.8) is 0 Å². The van der Waals surface area contributed by atoms with Crippen molar-refractivity contribution in [2.75, 3.05) is 7.11 Å². The molecule has 21 heavy (non-hydrogen) atoms. The summed E-state index contributed by atoms with van der Waals surface area (Å²) in [6.45, 7) is 7.56. The zero-order chi connectivity index (χ0) is 15.6. The normalized spacial score (nSPS) is 21.9. The second-order valence-electron chi connectivity index (χ2n) is 6.03. The maximum Gasteiger partial charge on any atom is 0.334 e.